The predicted octanol–water partition coefficient (Wildman–Crippen LogP) is 1.72. The minimum atomic E-state index is -0.432. The van der Waals surface area contributed by atoms with E-state index in [0.29, 0.717) is 9.20 Å². The first-order valence-corrected chi connectivity index (χ1v) is 7.56. The number of nitrogens with one attached hydrogen (secondary N) is 1. The van der Waals surface area contributed by atoms with Gasteiger partial charge >= 0.3 is 0 Å². The van der Waals surface area contributed by atoms with Crippen LogP contribution in [0.4, 0.5) is 0 Å². The van der Waals surface area contributed by atoms with Gasteiger partial charge in [0, 0.05) is 16.4 Å². The lowest BCUT2D eigenvalue weighted by Crippen LogP contribution is -2.21. The molecular formula is C14H15NO2S2. The summed E-state index contributed by atoms with van der Waals surface area (Å²) in [6.07, 6.45) is 3.35. The molecule has 3 nitrogen and oxygen atoms in total. The summed E-state index contributed by atoms with van der Waals surface area (Å²) in [7, 11) is 0. The van der Waals surface area contributed by atoms with Crippen molar-refractivity contribution < 1.29 is 4.79 Å². The molecule has 0 fully saturated rings. The Labute approximate surface area is 118 Å². The largest absolute Gasteiger partial charge is 0.313 e. The van der Waals surface area contributed by atoms with Crippen molar-refractivity contribution >= 4 is 40.6 Å². The summed E-state index contributed by atoms with van der Waals surface area (Å²) >= 11 is 2.88. The highest BCUT2D eigenvalue weighted by atomic mass is 32.1. The van der Waals surface area contributed by atoms with Crippen molar-refractivity contribution in [2.45, 2.75) is 20.8 Å². The molecule has 5 heteroatoms. The van der Waals surface area contributed by atoms with E-state index in [2.05, 4.69) is 4.98 Å². The first-order chi connectivity index (χ1) is 8.86. The third kappa shape index (κ3) is 3.52. The van der Waals surface area contributed by atoms with E-state index in [1.807, 2.05) is 44.4 Å². The molecule has 0 bridgehead atoms. The molecule has 0 radical (unpaired) electrons. The first-order valence-electron chi connectivity index (χ1n) is 5.87. The number of H-pyrrole nitrogens is 1. The summed E-state index contributed by atoms with van der Waals surface area (Å²) in [4.78, 5) is 27.4. The number of Topliss-reactive ketones (excluding diaryl/α,β-unsaturated/α-hetero) is 1. The maximum Gasteiger partial charge on any atom is 0.266 e. The molecule has 0 saturated carbocycles. The van der Waals surface area contributed by atoms with Gasteiger partial charge in [0.15, 0.2) is 5.78 Å². The monoisotopic (exact) mass is 293 g/mol. The van der Waals surface area contributed by atoms with Crippen LogP contribution in [0, 0.1) is 5.41 Å². The first kappa shape index (κ1) is 14.0. The van der Waals surface area contributed by atoms with Gasteiger partial charge in [0.2, 0.25) is 0 Å². The lowest BCUT2D eigenvalue weighted by molar-refractivity contribution is -0.119. The highest BCUT2D eigenvalue weighted by Gasteiger charge is 2.18. The van der Waals surface area contributed by atoms with Crippen molar-refractivity contribution in [1.82, 2.24) is 4.98 Å². The van der Waals surface area contributed by atoms with Crippen LogP contribution in [0.1, 0.15) is 25.6 Å². The highest BCUT2D eigenvalue weighted by Crippen LogP contribution is 2.14. The Morgan fingerprint density at radius 1 is 1.37 bits per heavy atom. The van der Waals surface area contributed by atoms with Crippen molar-refractivity contribution in [3.63, 3.8) is 0 Å². The summed E-state index contributed by atoms with van der Waals surface area (Å²) in [6.45, 7) is 5.57. The van der Waals surface area contributed by atoms with Gasteiger partial charge in [-0.1, -0.05) is 26.8 Å². The van der Waals surface area contributed by atoms with E-state index in [0.717, 1.165) is 4.88 Å². The molecule has 19 heavy (non-hydrogen) atoms. The average molecular weight is 293 g/mol. The molecule has 2 rings (SSSR count). The van der Waals surface area contributed by atoms with Gasteiger partial charge in [-0.05, 0) is 17.5 Å². The van der Waals surface area contributed by atoms with Crippen LogP contribution in [0.2, 0.25) is 0 Å². The van der Waals surface area contributed by atoms with Crippen molar-refractivity contribution in [3.8, 4) is 0 Å². The fraction of sp³-hybridized carbons (Fsp3) is 0.286. The predicted molar refractivity (Wildman–Crippen MR) is 81.0 cm³/mol. The number of thiophene rings is 1. The van der Waals surface area contributed by atoms with Crippen molar-refractivity contribution in [1.29, 1.82) is 0 Å². The average Bonchev–Trinajstić information content (AvgIpc) is 2.89. The van der Waals surface area contributed by atoms with Crippen molar-refractivity contribution in [2.75, 3.05) is 0 Å². The second-order valence-electron chi connectivity index (χ2n) is 5.20. The van der Waals surface area contributed by atoms with Crippen LogP contribution >= 0.6 is 22.7 Å². The van der Waals surface area contributed by atoms with E-state index in [-0.39, 0.29) is 11.3 Å². The Balaban J connectivity index is 2.46. The molecule has 0 aliphatic heterocycles. The Morgan fingerprint density at radius 2 is 2.11 bits per heavy atom. The molecule has 0 aliphatic carbocycles. The zero-order chi connectivity index (χ0) is 14.0. The number of carbonyl (C=O) groups is 1. The van der Waals surface area contributed by atoms with Crippen LogP contribution in [0.25, 0.3) is 12.2 Å². The minimum absolute atomic E-state index is 0.00711. The Bertz CT molecular complexity index is 743. The number of ketones is 1. The fourth-order valence-corrected chi connectivity index (χ4v) is 2.97. The summed E-state index contributed by atoms with van der Waals surface area (Å²) < 4.78 is 1.23. The standard InChI is InChI=1S/C14H15NO2S2/c1-14(2,3)11(16)8-12-15-13(17)10(19-12)7-9-5-4-6-18-9/h4-8H,1-3H3,(H,15,17). The number of aromatic nitrogens is 1. The zero-order valence-electron chi connectivity index (χ0n) is 11.0. The van der Waals surface area contributed by atoms with Gasteiger partial charge in [-0.2, -0.15) is 0 Å². The summed E-state index contributed by atoms with van der Waals surface area (Å²) in [6, 6.07) is 3.89. The van der Waals surface area contributed by atoms with Gasteiger partial charge in [0.25, 0.3) is 5.56 Å². The van der Waals surface area contributed by atoms with Crippen molar-refractivity contribution in [3.05, 3.63) is 41.9 Å². The van der Waals surface area contributed by atoms with Gasteiger partial charge in [-0.15, -0.1) is 22.7 Å². The third-order valence-corrected chi connectivity index (χ3v) is 4.28. The number of aromatic amines is 1. The molecular weight excluding hydrogens is 278 g/mol. The molecule has 2 aromatic rings. The number of thiazole rings is 1. The number of rotatable bonds is 2. The molecule has 0 unspecified atom stereocenters. The lowest BCUT2D eigenvalue weighted by atomic mass is 9.91. The maximum atomic E-state index is 11.9. The quantitative estimate of drug-likeness (QED) is 0.916. The Morgan fingerprint density at radius 3 is 2.68 bits per heavy atom. The summed E-state index contributed by atoms with van der Waals surface area (Å²) in [5.41, 5.74) is -0.579. The van der Waals surface area contributed by atoms with E-state index in [1.165, 1.54) is 17.4 Å². The van der Waals surface area contributed by atoms with Crippen LogP contribution < -0.4 is 14.8 Å². The zero-order valence-corrected chi connectivity index (χ0v) is 12.7. The Hall–Kier alpha value is -1.46. The van der Waals surface area contributed by atoms with Gasteiger partial charge in [-0.25, -0.2) is 0 Å². The smallest absolute Gasteiger partial charge is 0.266 e. The summed E-state index contributed by atoms with van der Waals surface area (Å²) in [5, 5.41) is 1.96. The topological polar surface area (TPSA) is 49.9 Å². The molecule has 0 saturated heterocycles. The molecule has 0 amide bonds. The molecule has 100 valence electrons. The van der Waals surface area contributed by atoms with Crippen LogP contribution in [0.15, 0.2) is 22.3 Å². The maximum absolute atomic E-state index is 11.9. The molecule has 2 aromatic heterocycles. The normalized spacial score (nSPS) is 14.1. The van der Waals surface area contributed by atoms with Crippen LogP contribution in [-0.2, 0) is 4.79 Å². The minimum Gasteiger partial charge on any atom is -0.313 e. The summed E-state index contributed by atoms with van der Waals surface area (Å²) in [5.74, 6) is 0.00711. The molecule has 0 aromatic carbocycles. The van der Waals surface area contributed by atoms with E-state index >= 15 is 0 Å². The van der Waals surface area contributed by atoms with Crippen molar-refractivity contribution in [2.24, 2.45) is 5.41 Å². The molecule has 0 aliphatic rings. The number of hydrogen-bond donors (Lipinski definition) is 1. The Kier molecular flexibility index (Phi) is 3.87. The SMILES string of the molecule is CC(C)(C)C(=O)C=c1[nH]c(=O)c(=Cc2cccs2)s1. The van der Waals surface area contributed by atoms with E-state index in [1.54, 1.807) is 11.3 Å². The fourth-order valence-electron chi connectivity index (χ4n) is 1.36. The molecule has 2 heterocycles. The number of hydrogen-bond acceptors (Lipinski definition) is 4. The molecule has 0 atom stereocenters. The van der Waals surface area contributed by atoms with E-state index < -0.39 is 5.41 Å². The third-order valence-electron chi connectivity index (χ3n) is 2.50. The number of carbonyl (C=O) groups excluding carboxylic acids is 1. The molecule has 1 N–H and O–H groups in total. The van der Waals surface area contributed by atoms with Crippen LogP contribution in [0.3, 0.4) is 0 Å². The van der Waals surface area contributed by atoms with E-state index in [9.17, 15) is 9.59 Å². The second-order valence-corrected chi connectivity index (χ2v) is 7.27. The van der Waals surface area contributed by atoms with Gasteiger partial charge in [0.1, 0.15) is 0 Å². The van der Waals surface area contributed by atoms with Gasteiger partial charge in [0.05, 0.1) is 9.20 Å². The van der Waals surface area contributed by atoms with Crippen LogP contribution in [-0.4, -0.2) is 10.8 Å². The van der Waals surface area contributed by atoms with Gasteiger partial charge in [-0.3, -0.25) is 9.59 Å². The lowest BCUT2D eigenvalue weighted by Gasteiger charge is -2.12. The second kappa shape index (κ2) is 5.27. The van der Waals surface area contributed by atoms with E-state index in [4.69, 9.17) is 0 Å². The van der Waals surface area contributed by atoms with Gasteiger partial charge < -0.3 is 4.98 Å². The molecule has 0 spiro atoms. The highest BCUT2D eigenvalue weighted by molar-refractivity contribution is 7.11. The van der Waals surface area contributed by atoms with Crippen LogP contribution in [0.5, 0.6) is 0 Å².